The van der Waals surface area contributed by atoms with E-state index in [1.165, 1.54) is 18.4 Å². The number of aromatic nitrogens is 3. The zero-order valence-corrected chi connectivity index (χ0v) is 24.2. The SMILES string of the molecule is COc1ccc(CNC(=O)c2ccc(-n3c(=O)ccc4c(C)nc(N5CCC6CCCC=C6C5)nc43)cc2)cc1OC. The summed E-state index contributed by atoms with van der Waals surface area (Å²) in [6.45, 7) is 4.02. The number of anilines is 1. The summed E-state index contributed by atoms with van der Waals surface area (Å²) in [6, 6.07) is 15.9. The number of aryl methyl sites for hydroxylation is 1. The minimum absolute atomic E-state index is 0.189. The van der Waals surface area contributed by atoms with Crippen LogP contribution in [0.25, 0.3) is 16.7 Å². The maximum absolute atomic E-state index is 13.2. The van der Waals surface area contributed by atoms with Crippen molar-refractivity contribution in [2.24, 2.45) is 5.92 Å². The number of nitrogens with one attached hydrogen (secondary N) is 1. The van der Waals surface area contributed by atoms with E-state index in [0.717, 1.165) is 42.6 Å². The number of allylic oxidation sites excluding steroid dienone is 1. The van der Waals surface area contributed by atoms with Gasteiger partial charge in [-0.2, -0.15) is 4.98 Å². The molecular formula is C33H35N5O4. The molecule has 2 aromatic heterocycles. The van der Waals surface area contributed by atoms with Crippen LogP contribution in [0.2, 0.25) is 0 Å². The van der Waals surface area contributed by atoms with Gasteiger partial charge in [-0.15, -0.1) is 0 Å². The third kappa shape index (κ3) is 5.34. The molecule has 0 radical (unpaired) electrons. The number of piperidine rings is 1. The molecule has 0 saturated carbocycles. The van der Waals surface area contributed by atoms with Gasteiger partial charge in [0.1, 0.15) is 0 Å². The summed E-state index contributed by atoms with van der Waals surface area (Å²) in [5, 5.41) is 3.76. The van der Waals surface area contributed by atoms with Gasteiger partial charge in [0.25, 0.3) is 11.5 Å². The van der Waals surface area contributed by atoms with Crippen molar-refractivity contribution in [2.45, 2.75) is 39.2 Å². The van der Waals surface area contributed by atoms with Crippen LogP contribution in [-0.4, -0.2) is 47.8 Å². The Morgan fingerprint density at radius 2 is 1.81 bits per heavy atom. The Bertz CT molecular complexity index is 1730. The highest BCUT2D eigenvalue weighted by atomic mass is 16.5. The first kappa shape index (κ1) is 27.5. The Balaban J connectivity index is 1.25. The molecule has 4 aromatic rings. The van der Waals surface area contributed by atoms with Gasteiger partial charge in [0.2, 0.25) is 5.95 Å². The van der Waals surface area contributed by atoms with Gasteiger partial charge in [0.05, 0.1) is 25.6 Å². The molecule has 9 nitrogen and oxygen atoms in total. The molecule has 1 atom stereocenters. The number of carbonyl (C=O) groups is 1. The second-order valence-corrected chi connectivity index (χ2v) is 10.9. The van der Waals surface area contributed by atoms with Gasteiger partial charge in [-0.25, -0.2) is 4.98 Å². The predicted molar refractivity (Wildman–Crippen MR) is 163 cm³/mol. The van der Waals surface area contributed by atoms with Crippen LogP contribution in [0.15, 0.2) is 71.0 Å². The minimum atomic E-state index is -0.220. The van der Waals surface area contributed by atoms with Crippen LogP contribution < -0.4 is 25.2 Å². The number of pyridine rings is 1. The predicted octanol–water partition coefficient (Wildman–Crippen LogP) is 4.97. The number of nitrogens with zero attached hydrogens (tertiary/aromatic N) is 4. The van der Waals surface area contributed by atoms with Crippen LogP contribution in [0.5, 0.6) is 11.5 Å². The van der Waals surface area contributed by atoms with Crippen LogP contribution in [0, 0.1) is 12.8 Å². The lowest BCUT2D eigenvalue weighted by Gasteiger charge is -2.36. The molecule has 0 bridgehead atoms. The highest BCUT2D eigenvalue weighted by Gasteiger charge is 2.27. The molecule has 1 fully saturated rings. The summed E-state index contributed by atoms with van der Waals surface area (Å²) in [5.41, 5.74) is 4.70. The van der Waals surface area contributed by atoms with Crippen LogP contribution >= 0.6 is 0 Å². The maximum Gasteiger partial charge on any atom is 0.256 e. The Kier molecular flexibility index (Phi) is 7.65. The number of benzene rings is 2. The van der Waals surface area contributed by atoms with Gasteiger partial charge in [-0.3, -0.25) is 14.2 Å². The highest BCUT2D eigenvalue weighted by molar-refractivity contribution is 5.94. The summed E-state index contributed by atoms with van der Waals surface area (Å²) in [5.74, 6) is 2.33. The Morgan fingerprint density at radius 1 is 1.00 bits per heavy atom. The number of hydrogen-bond acceptors (Lipinski definition) is 7. The number of fused-ring (bicyclic) bond motifs is 2. The van der Waals surface area contributed by atoms with Crippen LogP contribution in [0.1, 0.15) is 47.3 Å². The molecular weight excluding hydrogens is 530 g/mol. The van der Waals surface area contributed by atoms with Crippen LogP contribution in [-0.2, 0) is 6.54 Å². The summed E-state index contributed by atoms with van der Waals surface area (Å²) in [6.07, 6.45) is 7.16. The molecule has 1 saturated heterocycles. The van der Waals surface area contributed by atoms with Crippen molar-refractivity contribution >= 4 is 22.9 Å². The standard InChI is InChI=1S/C33H35N5O4/c1-21-27-13-15-30(39)38(31(27)36-33(35-21)37-17-16-23-6-4-5-7-25(23)20-37)26-11-9-24(10-12-26)32(40)34-19-22-8-14-28(41-2)29(18-22)42-3/h7-15,18,23H,4-6,16-17,19-20H2,1-3H3,(H,34,40). The van der Waals surface area contributed by atoms with Gasteiger partial charge in [0, 0.05) is 36.7 Å². The Labute approximate surface area is 244 Å². The minimum Gasteiger partial charge on any atom is -0.493 e. The van der Waals surface area contributed by atoms with Crippen molar-refractivity contribution in [1.29, 1.82) is 0 Å². The van der Waals surface area contributed by atoms with E-state index in [9.17, 15) is 9.59 Å². The lowest BCUT2D eigenvalue weighted by Crippen LogP contribution is -2.37. The molecule has 216 valence electrons. The van der Waals surface area contributed by atoms with Gasteiger partial charge in [-0.1, -0.05) is 17.7 Å². The second-order valence-electron chi connectivity index (χ2n) is 10.9. The van der Waals surface area contributed by atoms with Crippen molar-refractivity contribution < 1.29 is 14.3 Å². The van der Waals surface area contributed by atoms with Gasteiger partial charge in [-0.05, 0) is 86.6 Å². The summed E-state index contributed by atoms with van der Waals surface area (Å²) in [7, 11) is 3.16. The van der Waals surface area contributed by atoms with Gasteiger partial charge in [0.15, 0.2) is 17.1 Å². The number of rotatable bonds is 7. The molecule has 9 heteroatoms. The quantitative estimate of drug-likeness (QED) is 0.316. The number of hydrogen-bond donors (Lipinski definition) is 1. The van der Waals surface area contributed by atoms with E-state index >= 15 is 0 Å². The molecule has 42 heavy (non-hydrogen) atoms. The number of ether oxygens (including phenoxy) is 2. The first-order valence-corrected chi connectivity index (χ1v) is 14.4. The van der Waals surface area contributed by atoms with E-state index < -0.39 is 0 Å². The van der Waals surface area contributed by atoms with Crippen molar-refractivity contribution in [3.8, 4) is 17.2 Å². The van der Waals surface area contributed by atoms with Crippen molar-refractivity contribution in [2.75, 3.05) is 32.2 Å². The van der Waals surface area contributed by atoms with E-state index in [2.05, 4.69) is 16.3 Å². The average Bonchev–Trinajstić information content (AvgIpc) is 3.03. The number of methoxy groups -OCH3 is 2. The molecule has 1 amide bonds. The lowest BCUT2D eigenvalue weighted by atomic mass is 9.82. The molecule has 1 N–H and O–H groups in total. The normalized spacial score (nSPS) is 16.5. The first-order chi connectivity index (χ1) is 20.4. The number of amides is 1. The third-order valence-corrected chi connectivity index (χ3v) is 8.31. The Morgan fingerprint density at radius 3 is 2.60 bits per heavy atom. The van der Waals surface area contributed by atoms with Crippen molar-refractivity contribution in [1.82, 2.24) is 19.9 Å². The topological polar surface area (TPSA) is 98.6 Å². The fraction of sp³-hybridized carbons (Fsp3) is 0.333. The van der Waals surface area contributed by atoms with Gasteiger partial charge < -0.3 is 19.7 Å². The first-order valence-electron chi connectivity index (χ1n) is 14.4. The molecule has 2 aromatic carbocycles. The molecule has 0 spiro atoms. The fourth-order valence-electron chi connectivity index (χ4n) is 5.99. The zero-order valence-electron chi connectivity index (χ0n) is 24.2. The zero-order chi connectivity index (χ0) is 29.2. The van der Waals surface area contributed by atoms with Crippen molar-refractivity contribution in [3.63, 3.8) is 0 Å². The molecule has 1 aliphatic heterocycles. The van der Waals surface area contributed by atoms with E-state index in [-0.39, 0.29) is 11.5 Å². The largest absolute Gasteiger partial charge is 0.493 e. The molecule has 2 aliphatic rings. The monoisotopic (exact) mass is 565 g/mol. The molecule has 6 rings (SSSR count). The van der Waals surface area contributed by atoms with E-state index in [1.807, 2.05) is 25.1 Å². The lowest BCUT2D eigenvalue weighted by molar-refractivity contribution is 0.0951. The second kappa shape index (κ2) is 11.7. The Hall–Kier alpha value is -4.66. The van der Waals surface area contributed by atoms with E-state index in [4.69, 9.17) is 19.4 Å². The van der Waals surface area contributed by atoms with E-state index in [1.54, 1.807) is 55.2 Å². The summed E-state index contributed by atoms with van der Waals surface area (Å²) in [4.78, 5) is 38.1. The van der Waals surface area contributed by atoms with Crippen LogP contribution in [0.4, 0.5) is 5.95 Å². The smallest absolute Gasteiger partial charge is 0.256 e. The van der Waals surface area contributed by atoms with Crippen LogP contribution in [0.3, 0.4) is 0 Å². The average molecular weight is 566 g/mol. The third-order valence-electron chi connectivity index (χ3n) is 8.31. The highest BCUT2D eigenvalue weighted by Crippen LogP contribution is 2.33. The van der Waals surface area contributed by atoms with E-state index in [0.29, 0.717) is 46.8 Å². The molecule has 1 unspecified atom stereocenters. The molecule has 3 heterocycles. The molecule has 1 aliphatic carbocycles. The van der Waals surface area contributed by atoms with Gasteiger partial charge >= 0.3 is 0 Å². The van der Waals surface area contributed by atoms with Crippen molar-refractivity contribution in [3.05, 3.63) is 93.4 Å². The summed E-state index contributed by atoms with van der Waals surface area (Å²) < 4.78 is 12.2. The maximum atomic E-state index is 13.2. The fourth-order valence-corrected chi connectivity index (χ4v) is 5.99. The summed E-state index contributed by atoms with van der Waals surface area (Å²) >= 11 is 0. The number of carbonyl (C=O) groups excluding carboxylic acids is 1.